The molecule has 102 valence electrons. The molecule has 0 amide bonds. The molecule has 1 aliphatic heterocycles. The second-order valence-corrected chi connectivity index (χ2v) is 7.09. The normalized spacial score (nSPS) is 24.9. The van der Waals surface area contributed by atoms with E-state index in [0.29, 0.717) is 6.04 Å². The van der Waals surface area contributed by atoms with Gasteiger partial charge in [0.2, 0.25) is 0 Å². The summed E-state index contributed by atoms with van der Waals surface area (Å²) in [6, 6.07) is 0.716. The van der Waals surface area contributed by atoms with Gasteiger partial charge in [0, 0.05) is 12.8 Å². The predicted molar refractivity (Wildman–Crippen MR) is 72.9 cm³/mol. The van der Waals surface area contributed by atoms with Gasteiger partial charge in [-0.25, -0.2) is 0 Å². The van der Waals surface area contributed by atoms with Gasteiger partial charge >= 0.3 is 0 Å². The molecule has 1 fully saturated rings. The Morgan fingerprint density at radius 2 is 1.88 bits per heavy atom. The summed E-state index contributed by atoms with van der Waals surface area (Å²) >= 11 is 0. The Labute approximate surface area is 108 Å². The van der Waals surface area contributed by atoms with E-state index in [-0.39, 0.29) is 0 Å². The van der Waals surface area contributed by atoms with Crippen molar-refractivity contribution in [1.82, 2.24) is 0 Å². The topological polar surface area (TPSA) is 9.23 Å². The highest BCUT2D eigenvalue weighted by Gasteiger charge is 2.31. The zero-order valence-electron chi connectivity index (χ0n) is 12.5. The van der Waals surface area contributed by atoms with Crippen molar-refractivity contribution in [2.24, 2.45) is 0 Å². The van der Waals surface area contributed by atoms with Crippen LogP contribution in [-0.2, 0) is 4.74 Å². The lowest BCUT2D eigenvalue weighted by atomic mass is 10.0. The average Bonchev–Trinajstić information content (AvgIpc) is 2.17. The van der Waals surface area contributed by atoms with E-state index in [1.165, 1.54) is 38.8 Å². The molecular weight excluding hydrogens is 212 g/mol. The standard InChI is InChI=1S/C14H32N2O/c1-15(2,3)10-8-12-17-13-14-9-6-7-11-16(14,4)5/h14H,6-13H2,1-5H3/q+2. The van der Waals surface area contributed by atoms with E-state index in [1.807, 2.05) is 0 Å². The van der Waals surface area contributed by atoms with Crippen molar-refractivity contribution in [1.29, 1.82) is 0 Å². The van der Waals surface area contributed by atoms with Crippen LogP contribution in [0, 0.1) is 0 Å². The number of rotatable bonds is 6. The molecule has 3 nitrogen and oxygen atoms in total. The molecule has 0 aromatic rings. The molecule has 3 heteroatoms. The summed E-state index contributed by atoms with van der Waals surface area (Å²) in [5.41, 5.74) is 0. The third-order valence-corrected chi connectivity index (χ3v) is 3.94. The number of piperidine rings is 1. The Morgan fingerprint density at radius 1 is 1.18 bits per heavy atom. The molecule has 0 N–H and O–H groups in total. The van der Waals surface area contributed by atoms with E-state index < -0.39 is 0 Å². The lowest BCUT2D eigenvalue weighted by molar-refractivity contribution is -0.920. The molecule has 0 bridgehead atoms. The minimum absolute atomic E-state index is 0.716. The van der Waals surface area contributed by atoms with Crippen molar-refractivity contribution in [2.45, 2.75) is 31.7 Å². The molecule has 0 aromatic carbocycles. The smallest absolute Gasteiger partial charge is 0.112 e. The van der Waals surface area contributed by atoms with E-state index in [4.69, 9.17) is 4.74 Å². The zero-order valence-corrected chi connectivity index (χ0v) is 12.5. The second-order valence-electron chi connectivity index (χ2n) is 7.09. The molecule has 0 saturated carbocycles. The van der Waals surface area contributed by atoms with E-state index in [1.54, 1.807) is 0 Å². The molecule has 1 unspecified atom stereocenters. The number of likely N-dealkylation sites (tertiary alicyclic amines) is 1. The van der Waals surface area contributed by atoms with Crippen molar-refractivity contribution in [3.8, 4) is 0 Å². The van der Waals surface area contributed by atoms with Gasteiger partial charge in [-0.1, -0.05) is 0 Å². The molecule has 1 rings (SSSR count). The number of nitrogens with zero attached hydrogens (tertiary/aromatic N) is 2. The molecule has 1 saturated heterocycles. The lowest BCUT2D eigenvalue weighted by Crippen LogP contribution is -2.53. The molecule has 0 radical (unpaired) electrons. The predicted octanol–water partition coefficient (Wildman–Crippen LogP) is 1.73. The first kappa shape index (κ1) is 14.9. The van der Waals surface area contributed by atoms with Crippen molar-refractivity contribution in [3.63, 3.8) is 0 Å². The fraction of sp³-hybridized carbons (Fsp3) is 1.00. The van der Waals surface area contributed by atoms with Crippen LogP contribution in [0.5, 0.6) is 0 Å². The van der Waals surface area contributed by atoms with Crippen molar-refractivity contribution >= 4 is 0 Å². The molecular formula is C14H32N2O+2. The van der Waals surface area contributed by atoms with Crippen LogP contribution in [0.1, 0.15) is 25.7 Å². The Kier molecular flexibility index (Phi) is 5.42. The molecule has 1 aliphatic rings. The fourth-order valence-corrected chi connectivity index (χ4v) is 2.58. The van der Waals surface area contributed by atoms with Gasteiger partial charge < -0.3 is 13.7 Å². The molecule has 17 heavy (non-hydrogen) atoms. The lowest BCUT2D eigenvalue weighted by Gasteiger charge is -2.41. The quantitative estimate of drug-likeness (QED) is 0.511. The van der Waals surface area contributed by atoms with E-state index >= 15 is 0 Å². The van der Waals surface area contributed by atoms with Crippen molar-refractivity contribution < 1.29 is 13.7 Å². The highest BCUT2D eigenvalue weighted by atomic mass is 16.5. The molecule has 0 aliphatic carbocycles. The highest BCUT2D eigenvalue weighted by Crippen LogP contribution is 2.21. The van der Waals surface area contributed by atoms with Crippen LogP contribution in [0.2, 0.25) is 0 Å². The monoisotopic (exact) mass is 244 g/mol. The van der Waals surface area contributed by atoms with Gasteiger partial charge in [0.25, 0.3) is 0 Å². The maximum atomic E-state index is 5.88. The van der Waals surface area contributed by atoms with Gasteiger partial charge in [-0.05, 0) is 12.8 Å². The Balaban J connectivity index is 2.13. The second kappa shape index (κ2) is 6.17. The third kappa shape index (κ3) is 5.84. The van der Waals surface area contributed by atoms with E-state index in [2.05, 4.69) is 35.2 Å². The van der Waals surface area contributed by atoms with Gasteiger partial charge in [-0.15, -0.1) is 0 Å². The number of ether oxygens (including phenoxy) is 1. The van der Waals surface area contributed by atoms with Crippen LogP contribution in [0.25, 0.3) is 0 Å². The molecule has 1 atom stereocenters. The Hall–Kier alpha value is -0.120. The van der Waals surface area contributed by atoms with Crippen LogP contribution in [0.4, 0.5) is 0 Å². The summed E-state index contributed by atoms with van der Waals surface area (Å²) in [5.74, 6) is 0. The van der Waals surface area contributed by atoms with Crippen molar-refractivity contribution in [2.75, 3.05) is 61.5 Å². The number of likely N-dealkylation sites (N-methyl/N-ethyl adjacent to an activating group) is 1. The number of quaternary nitrogens is 2. The van der Waals surface area contributed by atoms with Crippen LogP contribution < -0.4 is 0 Å². The number of hydrogen-bond acceptors (Lipinski definition) is 1. The van der Waals surface area contributed by atoms with Crippen LogP contribution >= 0.6 is 0 Å². The van der Waals surface area contributed by atoms with E-state index in [9.17, 15) is 0 Å². The SMILES string of the molecule is C[N+](C)(C)CCCOCC1CCCC[N+]1(C)C. The van der Waals surface area contributed by atoms with Gasteiger partial charge in [-0.2, -0.15) is 0 Å². The maximum Gasteiger partial charge on any atom is 0.112 e. The average molecular weight is 244 g/mol. The van der Waals surface area contributed by atoms with Crippen molar-refractivity contribution in [3.05, 3.63) is 0 Å². The third-order valence-electron chi connectivity index (χ3n) is 3.94. The summed E-state index contributed by atoms with van der Waals surface area (Å²) in [6.45, 7) is 4.38. The summed E-state index contributed by atoms with van der Waals surface area (Å²) < 4.78 is 8.06. The van der Waals surface area contributed by atoms with E-state index in [0.717, 1.165) is 22.2 Å². The van der Waals surface area contributed by atoms with Crippen LogP contribution in [0.3, 0.4) is 0 Å². The minimum Gasteiger partial charge on any atom is -0.375 e. The molecule has 0 aromatic heterocycles. The van der Waals surface area contributed by atoms with Gasteiger partial charge in [0.05, 0.1) is 61.5 Å². The summed E-state index contributed by atoms with van der Waals surface area (Å²) in [6.07, 6.45) is 5.27. The first-order chi connectivity index (χ1) is 7.81. The molecule has 0 spiro atoms. The molecule has 1 heterocycles. The highest BCUT2D eigenvalue weighted by molar-refractivity contribution is 4.63. The van der Waals surface area contributed by atoms with Gasteiger partial charge in [-0.3, -0.25) is 0 Å². The summed E-state index contributed by atoms with van der Waals surface area (Å²) in [7, 11) is 11.4. The van der Waals surface area contributed by atoms with Gasteiger partial charge in [0.1, 0.15) is 6.04 Å². The number of hydrogen-bond donors (Lipinski definition) is 0. The largest absolute Gasteiger partial charge is 0.375 e. The summed E-state index contributed by atoms with van der Waals surface area (Å²) in [4.78, 5) is 0. The zero-order chi connectivity index (χ0) is 12.9. The minimum atomic E-state index is 0.716. The van der Waals surface area contributed by atoms with Crippen LogP contribution in [-0.4, -0.2) is 76.5 Å². The first-order valence-electron chi connectivity index (χ1n) is 7.02. The summed E-state index contributed by atoms with van der Waals surface area (Å²) in [5, 5.41) is 0. The fourth-order valence-electron chi connectivity index (χ4n) is 2.58. The maximum absolute atomic E-state index is 5.88. The van der Waals surface area contributed by atoms with Gasteiger partial charge in [0.15, 0.2) is 0 Å². The Morgan fingerprint density at radius 3 is 2.47 bits per heavy atom. The Bertz CT molecular complexity index is 221. The first-order valence-corrected chi connectivity index (χ1v) is 7.02. The van der Waals surface area contributed by atoms with Crippen LogP contribution in [0.15, 0.2) is 0 Å².